The van der Waals surface area contributed by atoms with Crippen molar-refractivity contribution in [1.82, 2.24) is 0 Å². The van der Waals surface area contributed by atoms with Crippen LogP contribution in [0.1, 0.15) is 51.0 Å². The molecule has 4 nitrogen and oxygen atoms in total. The van der Waals surface area contributed by atoms with Crippen LogP contribution in [0.2, 0.25) is 0 Å². The minimum Gasteiger partial charge on any atom is -0.493 e. The zero-order valence-electron chi connectivity index (χ0n) is 19.6. The highest BCUT2D eigenvalue weighted by Gasteiger charge is 2.46. The molecule has 2 aromatic carbocycles. The monoisotopic (exact) mass is 438 g/mol. The first-order valence-corrected chi connectivity index (χ1v) is 12.5. The summed E-state index contributed by atoms with van der Waals surface area (Å²) in [4.78, 5) is 0. The number of ether oxygens (including phenoxy) is 2. The van der Waals surface area contributed by atoms with Crippen LogP contribution in [0.4, 0.5) is 0 Å². The van der Waals surface area contributed by atoms with E-state index in [0.717, 1.165) is 61.2 Å². The summed E-state index contributed by atoms with van der Waals surface area (Å²) in [5.74, 6) is 1.60. The van der Waals surface area contributed by atoms with Gasteiger partial charge in [0.25, 0.3) is 0 Å². The number of hydrogen-bond donors (Lipinski definition) is 1. The third-order valence-corrected chi connectivity index (χ3v) is 7.62. The zero-order valence-corrected chi connectivity index (χ0v) is 19.6. The van der Waals surface area contributed by atoms with Gasteiger partial charge in [0.15, 0.2) is 0 Å². The van der Waals surface area contributed by atoms with E-state index >= 15 is 0 Å². The highest BCUT2D eigenvalue weighted by molar-refractivity contribution is 5.22. The van der Waals surface area contributed by atoms with E-state index in [4.69, 9.17) is 9.47 Å². The van der Waals surface area contributed by atoms with Crippen molar-refractivity contribution in [2.24, 2.45) is 5.92 Å². The van der Waals surface area contributed by atoms with Crippen LogP contribution in [0.3, 0.4) is 0 Å². The zero-order chi connectivity index (χ0) is 22.3. The molecule has 174 valence electrons. The van der Waals surface area contributed by atoms with Crippen molar-refractivity contribution in [3.63, 3.8) is 0 Å². The number of benzene rings is 2. The molecule has 2 bridgehead atoms. The van der Waals surface area contributed by atoms with Crippen LogP contribution in [-0.2, 0) is 10.3 Å². The van der Waals surface area contributed by atoms with Crippen LogP contribution in [-0.4, -0.2) is 55.1 Å². The van der Waals surface area contributed by atoms with Crippen LogP contribution >= 0.6 is 0 Å². The second kappa shape index (κ2) is 10.8. The van der Waals surface area contributed by atoms with Gasteiger partial charge in [-0.15, -0.1) is 0 Å². The molecule has 2 atom stereocenters. The van der Waals surface area contributed by atoms with E-state index in [2.05, 4.69) is 6.92 Å². The van der Waals surface area contributed by atoms with Crippen molar-refractivity contribution in [2.75, 3.05) is 39.4 Å². The van der Waals surface area contributed by atoms with Gasteiger partial charge in [0.1, 0.15) is 24.0 Å². The lowest BCUT2D eigenvalue weighted by atomic mass is 9.82. The van der Waals surface area contributed by atoms with Crippen molar-refractivity contribution < 1.29 is 19.1 Å². The lowest BCUT2D eigenvalue weighted by Crippen LogP contribution is -2.64. The maximum absolute atomic E-state index is 11.5. The molecule has 2 aromatic rings. The van der Waals surface area contributed by atoms with Crippen molar-refractivity contribution >= 4 is 0 Å². The van der Waals surface area contributed by atoms with E-state index in [1.807, 2.05) is 60.7 Å². The van der Waals surface area contributed by atoms with Gasteiger partial charge in [-0.2, -0.15) is 0 Å². The number of para-hydroxylation sites is 1. The first kappa shape index (κ1) is 23.3. The van der Waals surface area contributed by atoms with Gasteiger partial charge in [0.2, 0.25) is 0 Å². The highest BCUT2D eigenvalue weighted by Crippen LogP contribution is 2.37. The predicted molar refractivity (Wildman–Crippen MR) is 129 cm³/mol. The molecule has 1 N–H and O–H groups in total. The fourth-order valence-corrected chi connectivity index (χ4v) is 5.59. The van der Waals surface area contributed by atoms with Gasteiger partial charge in [-0.25, -0.2) is 0 Å². The second-order valence-electron chi connectivity index (χ2n) is 9.90. The first-order valence-electron chi connectivity index (χ1n) is 12.5. The largest absolute Gasteiger partial charge is 0.493 e. The minimum absolute atomic E-state index is 0.254. The second-order valence-corrected chi connectivity index (χ2v) is 9.90. The molecule has 0 aliphatic carbocycles. The lowest BCUT2D eigenvalue weighted by Gasteiger charge is -2.52. The van der Waals surface area contributed by atoms with E-state index in [-0.39, 0.29) is 6.10 Å². The number of piperidine rings is 3. The average molecular weight is 439 g/mol. The standard InChI is InChI=1S/C28H40NO3/c1-2-3-17-28(30,25-11-6-4-7-12-25)23-32-27-22-29(19-15-24(27)16-20-29)18-10-21-31-26-13-8-5-9-14-26/h4-9,11-14,24,27,30H,2-3,10,15-23H2,1H3/q+1. The Hall–Kier alpha value is -1.88. The van der Waals surface area contributed by atoms with Gasteiger partial charge in [-0.3, -0.25) is 0 Å². The highest BCUT2D eigenvalue weighted by atomic mass is 16.5. The summed E-state index contributed by atoms with van der Waals surface area (Å²) < 4.78 is 13.6. The fraction of sp³-hybridized carbons (Fsp3) is 0.571. The Bertz CT molecular complexity index is 804. The summed E-state index contributed by atoms with van der Waals surface area (Å²) in [5, 5.41) is 11.5. The summed E-state index contributed by atoms with van der Waals surface area (Å²) >= 11 is 0. The molecule has 3 heterocycles. The third kappa shape index (κ3) is 5.72. The molecular formula is C28H40NO3+. The molecule has 0 saturated carbocycles. The molecule has 5 rings (SSSR count). The molecule has 0 amide bonds. The number of rotatable bonds is 12. The van der Waals surface area contributed by atoms with Gasteiger partial charge >= 0.3 is 0 Å². The maximum Gasteiger partial charge on any atom is 0.119 e. The Kier molecular flexibility index (Phi) is 7.88. The van der Waals surface area contributed by atoms with Crippen LogP contribution in [0.15, 0.2) is 60.7 Å². The Morgan fingerprint density at radius 3 is 2.34 bits per heavy atom. The van der Waals surface area contributed by atoms with Gasteiger partial charge in [-0.1, -0.05) is 68.3 Å². The van der Waals surface area contributed by atoms with Crippen molar-refractivity contribution in [3.05, 3.63) is 66.2 Å². The van der Waals surface area contributed by atoms with Crippen LogP contribution < -0.4 is 4.74 Å². The quantitative estimate of drug-likeness (QED) is 0.367. The fourth-order valence-electron chi connectivity index (χ4n) is 5.59. The van der Waals surface area contributed by atoms with Crippen LogP contribution in [0.5, 0.6) is 5.75 Å². The molecule has 3 saturated heterocycles. The number of quaternary nitrogens is 1. The van der Waals surface area contributed by atoms with Crippen molar-refractivity contribution in [3.8, 4) is 5.75 Å². The Balaban J connectivity index is 1.32. The Labute approximate surface area is 193 Å². The molecule has 3 aliphatic rings. The summed E-state index contributed by atoms with van der Waals surface area (Å²) in [7, 11) is 0. The number of unbranched alkanes of at least 4 members (excludes halogenated alkanes) is 1. The van der Waals surface area contributed by atoms with Gasteiger partial charge in [0.05, 0.1) is 32.8 Å². The lowest BCUT2D eigenvalue weighted by molar-refractivity contribution is -0.946. The molecule has 3 aliphatic heterocycles. The number of aliphatic hydroxyl groups is 1. The molecule has 2 unspecified atom stereocenters. The predicted octanol–water partition coefficient (Wildman–Crippen LogP) is 5.16. The van der Waals surface area contributed by atoms with E-state index in [1.54, 1.807) is 0 Å². The van der Waals surface area contributed by atoms with Crippen molar-refractivity contribution in [2.45, 2.75) is 57.2 Å². The minimum atomic E-state index is -0.891. The Morgan fingerprint density at radius 2 is 1.66 bits per heavy atom. The summed E-state index contributed by atoms with van der Waals surface area (Å²) in [6, 6.07) is 20.2. The number of fused-ring (bicyclic) bond motifs is 3. The van der Waals surface area contributed by atoms with E-state index in [9.17, 15) is 5.11 Å². The van der Waals surface area contributed by atoms with E-state index < -0.39 is 5.60 Å². The first-order chi connectivity index (χ1) is 15.6. The summed E-state index contributed by atoms with van der Waals surface area (Å²) in [5.41, 5.74) is 0.0918. The molecule has 0 radical (unpaired) electrons. The number of hydrogen-bond acceptors (Lipinski definition) is 3. The molecule has 32 heavy (non-hydrogen) atoms. The molecule has 4 heteroatoms. The van der Waals surface area contributed by atoms with Crippen molar-refractivity contribution in [1.29, 1.82) is 0 Å². The summed E-state index contributed by atoms with van der Waals surface area (Å²) in [6.07, 6.45) is 6.63. The van der Waals surface area contributed by atoms with E-state index in [0.29, 0.717) is 12.5 Å². The topological polar surface area (TPSA) is 38.7 Å². The Morgan fingerprint density at radius 1 is 0.969 bits per heavy atom. The van der Waals surface area contributed by atoms with Gasteiger partial charge in [0, 0.05) is 25.2 Å². The summed E-state index contributed by atoms with van der Waals surface area (Å²) in [6.45, 7) is 8.09. The molecule has 0 aromatic heterocycles. The molecule has 3 fully saturated rings. The maximum atomic E-state index is 11.5. The third-order valence-electron chi connectivity index (χ3n) is 7.62. The normalized spacial score (nSPS) is 26.6. The van der Waals surface area contributed by atoms with Crippen LogP contribution in [0.25, 0.3) is 0 Å². The van der Waals surface area contributed by atoms with Crippen LogP contribution in [0, 0.1) is 5.92 Å². The average Bonchev–Trinajstić information content (AvgIpc) is 2.86. The SMILES string of the molecule is CCCCC(O)(COC1C[N+]2(CCCOc3ccccc3)CCC1CC2)c1ccccc1. The molecular weight excluding hydrogens is 398 g/mol. The molecule has 0 spiro atoms. The van der Waals surface area contributed by atoms with E-state index in [1.165, 1.54) is 25.9 Å². The smallest absolute Gasteiger partial charge is 0.119 e. The van der Waals surface area contributed by atoms with Gasteiger partial charge in [-0.05, 0) is 24.1 Å². The number of nitrogens with zero attached hydrogens (tertiary/aromatic N) is 1. The van der Waals surface area contributed by atoms with Gasteiger partial charge < -0.3 is 19.1 Å².